The van der Waals surface area contributed by atoms with Crippen molar-refractivity contribution >= 4 is 48.5 Å². The van der Waals surface area contributed by atoms with Crippen molar-refractivity contribution in [2.45, 2.75) is 26.7 Å². The van der Waals surface area contributed by atoms with Gasteiger partial charge >= 0.3 is 48.5 Å². The normalized spacial score (nSPS) is 7.08. The fraction of sp³-hybridized carbons (Fsp3) is 0.667. The van der Waals surface area contributed by atoms with Crippen LogP contribution < -0.4 is 0 Å². The molecule has 80 valence electrons. The van der Waals surface area contributed by atoms with Gasteiger partial charge in [-0.3, -0.25) is 9.59 Å². The SMILES string of the molecule is CCC(=O)O.CCC(=O)O.Cl[Te]Cl. The Morgan fingerprint density at radius 1 is 1.08 bits per heavy atom. The number of rotatable bonds is 2. The summed E-state index contributed by atoms with van der Waals surface area (Å²) in [5.41, 5.74) is 0. The molecule has 0 aliphatic rings. The molecule has 0 aliphatic carbocycles. The van der Waals surface area contributed by atoms with Crippen LogP contribution in [0.25, 0.3) is 0 Å². The van der Waals surface area contributed by atoms with Gasteiger partial charge in [0.05, 0.1) is 0 Å². The molecule has 0 aromatic carbocycles. The van der Waals surface area contributed by atoms with Gasteiger partial charge in [0.15, 0.2) is 0 Å². The van der Waals surface area contributed by atoms with Crippen LogP contribution in [0.4, 0.5) is 0 Å². The molecule has 0 atom stereocenters. The van der Waals surface area contributed by atoms with Crippen molar-refractivity contribution < 1.29 is 19.8 Å². The van der Waals surface area contributed by atoms with E-state index < -0.39 is 30.6 Å². The molecular weight excluding hydrogens is 335 g/mol. The van der Waals surface area contributed by atoms with E-state index in [-0.39, 0.29) is 12.8 Å². The van der Waals surface area contributed by atoms with Crippen molar-refractivity contribution in [2.75, 3.05) is 0 Å². The van der Waals surface area contributed by atoms with Gasteiger partial charge in [0.1, 0.15) is 0 Å². The van der Waals surface area contributed by atoms with E-state index in [1.54, 1.807) is 13.8 Å². The molecule has 0 unspecified atom stereocenters. The summed E-state index contributed by atoms with van der Waals surface area (Å²) in [6, 6.07) is 0. The van der Waals surface area contributed by atoms with Crippen molar-refractivity contribution in [3.05, 3.63) is 0 Å². The Morgan fingerprint density at radius 2 is 1.15 bits per heavy atom. The molecule has 0 aliphatic heterocycles. The molecule has 0 heterocycles. The van der Waals surface area contributed by atoms with Gasteiger partial charge < -0.3 is 10.2 Å². The van der Waals surface area contributed by atoms with Crippen LogP contribution in [0.15, 0.2) is 0 Å². The number of hydrogen-bond acceptors (Lipinski definition) is 2. The monoisotopic (exact) mass is 348 g/mol. The zero-order valence-electron chi connectivity index (χ0n) is 7.29. The van der Waals surface area contributed by atoms with E-state index in [4.69, 9.17) is 28.1 Å². The van der Waals surface area contributed by atoms with Gasteiger partial charge in [0.2, 0.25) is 0 Å². The Morgan fingerprint density at radius 3 is 1.15 bits per heavy atom. The molecule has 0 saturated heterocycles. The summed E-state index contributed by atoms with van der Waals surface area (Å²) in [5, 5.41) is 15.4. The Labute approximate surface area is 94.8 Å². The zero-order chi connectivity index (χ0) is 11.3. The van der Waals surface area contributed by atoms with E-state index in [1.807, 2.05) is 0 Å². The van der Waals surface area contributed by atoms with Crippen molar-refractivity contribution in [3.8, 4) is 0 Å². The minimum absolute atomic E-state index is 0.222. The van der Waals surface area contributed by atoms with Crippen LogP contribution >= 0.6 is 17.9 Å². The summed E-state index contributed by atoms with van der Waals surface area (Å²) in [6.07, 6.45) is 0.444. The molecular formula is C6H12Cl2O4Te. The molecule has 0 bridgehead atoms. The van der Waals surface area contributed by atoms with Crippen LogP contribution in [0.1, 0.15) is 26.7 Å². The first kappa shape index (κ1) is 19.0. The summed E-state index contributed by atoms with van der Waals surface area (Å²) in [4.78, 5) is 18.7. The molecule has 4 nitrogen and oxygen atoms in total. The van der Waals surface area contributed by atoms with Gasteiger partial charge in [-0.05, 0) is 0 Å². The van der Waals surface area contributed by atoms with E-state index in [0.717, 1.165) is 0 Å². The van der Waals surface area contributed by atoms with Gasteiger partial charge in [0, 0.05) is 12.8 Å². The second kappa shape index (κ2) is 18.2. The first-order chi connectivity index (χ1) is 5.95. The van der Waals surface area contributed by atoms with Crippen molar-refractivity contribution in [2.24, 2.45) is 0 Å². The van der Waals surface area contributed by atoms with Crippen LogP contribution in [0, 0.1) is 0 Å². The molecule has 0 aromatic rings. The van der Waals surface area contributed by atoms with Gasteiger partial charge in [-0.25, -0.2) is 0 Å². The average Bonchev–Trinajstić information content (AvgIpc) is 2.07. The Bertz CT molecular complexity index is 118. The van der Waals surface area contributed by atoms with Crippen LogP contribution in [-0.4, -0.2) is 40.8 Å². The van der Waals surface area contributed by atoms with E-state index in [9.17, 15) is 9.59 Å². The Hall–Kier alpha value is 0.310. The van der Waals surface area contributed by atoms with E-state index in [0.29, 0.717) is 0 Å². The molecule has 0 rings (SSSR count). The first-order valence-corrected chi connectivity index (χ1v) is 9.19. The third-order valence-corrected chi connectivity index (χ3v) is 0.605. The molecule has 2 N–H and O–H groups in total. The third-order valence-electron chi connectivity index (χ3n) is 0.605. The maximum atomic E-state index is 9.37. The molecule has 13 heavy (non-hydrogen) atoms. The predicted molar refractivity (Wildman–Crippen MR) is 53.3 cm³/mol. The minimum atomic E-state index is -0.745. The number of aliphatic carboxylic acids is 2. The van der Waals surface area contributed by atoms with E-state index in [1.165, 1.54) is 0 Å². The second-order valence-electron chi connectivity index (χ2n) is 1.55. The fourth-order valence-electron chi connectivity index (χ4n) is 0. The maximum absolute atomic E-state index is 9.37. The quantitative estimate of drug-likeness (QED) is 0.750. The van der Waals surface area contributed by atoms with Crippen molar-refractivity contribution in [1.82, 2.24) is 0 Å². The Balaban J connectivity index is -0.000000120. The van der Waals surface area contributed by atoms with Crippen molar-refractivity contribution in [1.29, 1.82) is 0 Å². The number of carboxylic acids is 2. The second-order valence-corrected chi connectivity index (χ2v) is 5.02. The van der Waals surface area contributed by atoms with Gasteiger partial charge in [-0.15, -0.1) is 0 Å². The number of hydrogen-bond donors (Lipinski definition) is 2. The van der Waals surface area contributed by atoms with Crippen LogP contribution in [0.3, 0.4) is 0 Å². The number of carboxylic acid groups (broad SMARTS) is 2. The number of carbonyl (C=O) groups is 2. The molecule has 0 radical (unpaired) electrons. The Kier molecular flexibility index (Phi) is 26.5. The summed E-state index contributed by atoms with van der Waals surface area (Å²) in [7, 11) is 9.79. The van der Waals surface area contributed by atoms with Gasteiger partial charge in [-0.1, -0.05) is 13.8 Å². The zero-order valence-corrected chi connectivity index (χ0v) is 11.1. The summed E-state index contributed by atoms with van der Waals surface area (Å²) < 4.78 is 0. The molecule has 0 saturated carbocycles. The molecule has 0 amide bonds. The third kappa shape index (κ3) is 70.4. The van der Waals surface area contributed by atoms with Crippen molar-refractivity contribution in [3.63, 3.8) is 0 Å². The summed E-state index contributed by atoms with van der Waals surface area (Å²) in [6.45, 7) is 3.20. The predicted octanol–water partition coefficient (Wildman–Crippen LogP) is 1.96. The standard InChI is InChI=1S/2C3H6O2.Cl2Te/c2*1-2-3(4)5;1-3-2/h2*2H2,1H3,(H,4,5);. The van der Waals surface area contributed by atoms with Gasteiger partial charge in [-0.2, -0.15) is 0 Å². The topological polar surface area (TPSA) is 74.6 Å². The van der Waals surface area contributed by atoms with E-state index in [2.05, 4.69) is 0 Å². The first-order valence-electron chi connectivity index (χ1n) is 3.29. The van der Waals surface area contributed by atoms with Crippen LogP contribution in [-0.2, 0) is 9.59 Å². The average molecular weight is 347 g/mol. The summed E-state index contributed by atoms with van der Waals surface area (Å²) in [5.74, 6) is -1.49. The molecule has 0 fully saturated rings. The van der Waals surface area contributed by atoms with Gasteiger partial charge in [0.25, 0.3) is 0 Å². The fourth-order valence-corrected chi connectivity index (χ4v) is 0. The molecule has 0 aromatic heterocycles. The summed E-state index contributed by atoms with van der Waals surface area (Å²) >= 11 is -0.586. The van der Waals surface area contributed by atoms with Crippen LogP contribution in [0.2, 0.25) is 0 Å². The number of halogens is 2. The van der Waals surface area contributed by atoms with E-state index >= 15 is 0 Å². The molecule has 0 spiro atoms. The molecule has 7 heteroatoms. The van der Waals surface area contributed by atoms with Crippen LogP contribution in [0.5, 0.6) is 0 Å².